The first-order valence-corrected chi connectivity index (χ1v) is 6.89. The van der Waals surface area contributed by atoms with Crippen molar-refractivity contribution in [1.29, 1.82) is 0 Å². The van der Waals surface area contributed by atoms with Crippen molar-refractivity contribution in [3.8, 4) is 0 Å². The van der Waals surface area contributed by atoms with E-state index < -0.39 is 17.8 Å². The molecule has 1 aromatic carbocycles. The quantitative estimate of drug-likeness (QED) is 0.737. The highest BCUT2D eigenvalue weighted by molar-refractivity contribution is 5.43. The van der Waals surface area contributed by atoms with E-state index in [4.69, 9.17) is 4.74 Å². The molecule has 0 amide bonds. The molecule has 0 fully saturated rings. The Morgan fingerprint density at radius 3 is 2.70 bits per heavy atom. The first-order chi connectivity index (χ1) is 10.9. The second-order valence-corrected chi connectivity index (χ2v) is 5.19. The van der Waals surface area contributed by atoms with Crippen molar-refractivity contribution in [3.63, 3.8) is 0 Å². The Bertz CT molecular complexity index is 842. The van der Waals surface area contributed by atoms with Gasteiger partial charge in [-0.15, -0.1) is 0 Å². The van der Waals surface area contributed by atoms with Crippen molar-refractivity contribution in [2.45, 2.75) is 19.2 Å². The average molecular weight is 321 g/mol. The molecular formula is C16H14F3N3O. The number of alkyl halides is 3. The predicted molar refractivity (Wildman–Crippen MR) is 78.0 cm³/mol. The van der Waals surface area contributed by atoms with Crippen LogP contribution in [0.2, 0.25) is 0 Å². The fourth-order valence-electron chi connectivity index (χ4n) is 2.61. The molecular weight excluding hydrogens is 307 g/mol. The fraction of sp³-hybridized carbons (Fsp3) is 0.250. The van der Waals surface area contributed by atoms with E-state index in [0.29, 0.717) is 16.9 Å². The van der Waals surface area contributed by atoms with Crippen LogP contribution in [0.15, 0.2) is 43.0 Å². The van der Waals surface area contributed by atoms with Gasteiger partial charge < -0.3 is 4.74 Å². The molecule has 0 aliphatic carbocycles. The number of imidazole rings is 1. The average Bonchev–Trinajstić information content (AvgIpc) is 2.93. The molecule has 23 heavy (non-hydrogen) atoms. The molecule has 0 saturated carbocycles. The number of aromatic nitrogens is 3. The number of ether oxygens (including phenoxy) is 1. The van der Waals surface area contributed by atoms with Crippen molar-refractivity contribution in [2.24, 2.45) is 0 Å². The van der Waals surface area contributed by atoms with Gasteiger partial charge in [-0.1, -0.05) is 17.7 Å². The van der Waals surface area contributed by atoms with Gasteiger partial charge in [0.25, 0.3) is 0 Å². The second kappa shape index (κ2) is 5.66. The smallest absolute Gasteiger partial charge is 0.370 e. The lowest BCUT2D eigenvalue weighted by atomic mass is 9.97. The Morgan fingerprint density at radius 2 is 2.00 bits per heavy atom. The molecule has 2 aromatic heterocycles. The standard InChI is InChI=1S/C16H14F3N3O/c1-10-3-4-11(12(7-10)16(17,18)19)15(23-2)13-8-21-14-9-20-5-6-22(13)14/h3-9,15H,1-2H3. The maximum atomic E-state index is 13.4. The van der Waals surface area contributed by atoms with Crippen LogP contribution >= 0.6 is 0 Å². The summed E-state index contributed by atoms with van der Waals surface area (Å²) in [6.07, 6.45) is 0.890. The lowest BCUT2D eigenvalue weighted by Gasteiger charge is -2.21. The number of nitrogens with zero attached hydrogens (tertiary/aromatic N) is 3. The molecule has 0 spiro atoms. The number of methoxy groups -OCH3 is 1. The molecule has 120 valence electrons. The van der Waals surface area contributed by atoms with Gasteiger partial charge in [0.2, 0.25) is 0 Å². The van der Waals surface area contributed by atoms with E-state index in [0.717, 1.165) is 6.07 Å². The number of benzene rings is 1. The van der Waals surface area contributed by atoms with Gasteiger partial charge in [-0.25, -0.2) is 4.98 Å². The van der Waals surface area contributed by atoms with E-state index in [1.807, 2.05) is 0 Å². The Hall–Kier alpha value is -2.41. The molecule has 2 heterocycles. The Morgan fingerprint density at radius 1 is 1.22 bits per heavy atom. The number of halogens is 3. The van der Waals surface area contributed by atoms with Crippen molar-refractivity contribution >= 4 is 5.65 Å². The number of hydrogen-bond donors (Lipinski definition) is 0. The zero-order valence-electron chi connectivity index (χ0n) is 12.5. The molecule has 0 bridgehead atoms. The van der Waals surface area contributed by atoms with E-state index in [1.54, 1.807) is 29.8 Å². The molecule has 0 radical (unpaired) electrons. The molecule has 1 atom stereocenters. The van der Waals surface area contributed by atoms with E-state index in [9.17, 15) is 13.2 Å². The van der Waals surface area contributed by atoms with E-state index in [2.05, 4.69) is 9.97 Å². The van der Waals surface area contributed by atoms with Gasteiger partial charge >= 0.3 is 6.18 Å². The molecule has 0 N–H and O–H groups in total. The van der Waals surface area contributed by atoms with Crippen LogP contribution in [0.5, 0.6) is 0 Å². The van der Waals surface area contributed by atoms with Crippen LogP contribution in [0.25, 0.3) is 5.65 Å². The minimum absolute atomic E-state index is 0.0595. The monoisotopic (exact) mass is 321 g/mol. The third-order valence-electron chi connectivity index (χ3n) is 3.65. The summed E-state index contributed by atoms with van der Waals surface area (Å²) in [5.74, 6) is 0. The van der Waals surface area contributed by atoms with Crippen LogP contribution in [-0.2, 0) is 10.9 Å². The first-order valence-electron chi connectivity index (χ1n) is 6.89. The molecule has 1 unspecified atom stereocenters. The summed E-state index contributed by atoms with van der Waals surface area (Å²) in [6.45, 7) is 1.63. The van der Waals surface area contributed by atoms with E-state index in [1.165, 1.54) is 25.6 Å². The summed E-state index contributed by atoms with van der Waals surface area (Å²) >= 11 is 0. The van der Waals surface area contributed by atoms with Crippen LogP contribution < -0.4 is 0 Å². The molecule has 0 saturated heterocycles. The molecule has 4 nitrogen and oxygen atoms in total. The lowest BCUT2D eigenvalue weighted by molar-refractivity contribution is -0.139. The summed E-state index contributed by atoms with van der Waals surface area (Å²) in [5, 5.41) is 0. The van der Waals surface area contributed by atoms with Crippen LogP contribution in [-0.4, -0.2) is 21.5 Å². The summed E-state index contributed by atoms with van der Waals surface area (Å²) in [7, 11) is 1.38. The highest BCUT2D eigenvalue weighted by Gasteiger charge is 2.36. The third-order valence-corrected chi connectivity index (χ3v) is 3.65. The zero-order valence-corrected chi connectivity index (χ0v) is 12.5. The number of fused-ring (bicyclic) bond motifs is 1. The van der Waals surface area contributed by atoms with Gasteiger partial charge in [0.15, 0.2) is 5.65 Å². The molecule has 3 aromatic rings. The minimum Gasteiger partial charge on any atom is -0.370 e. The Kier molecular flexibility index (Phi) is 3.81. The normalized spacial score (nSPS) is 13.4. The summed E-state index contributed by atoms with van der Waals surface area (Å²) in [5.41, 5.74) is 0.959. The van der Waals surface area contributed by atoms with Gasteiger partial charge in [0.05, 0.1) is 23.7 Å². The van der Waals surface area contributed by atoms with Gasteiger partial charge in [-0.2, -0.15) is 13.2 Å². The Labute approximate surface area is 130 Å². The van der Waals surface area contributed by atoms with Crippen molar-refractivity contribution < 1.29 is 17.9 Å². The number of aryl methyl sites for hydroxylation is 1. The molecule has 7 heteroatoms. The molecule has 0 aliphatic heterocycles. The van der Waals surface area contributed by atoms with Crippen LogP contribution in [0.1, 0.15) is 28.5 Å². The largest absolute Gasteiger partial charge is 0.416 e. The van der Waals surface area contributed by atoms with Crippen molar-refractivity contribution in [2.75, 3.05) is 7.11 Å². The topological polar surface area (TPSA) is 39.4 Å². The maximum absolute atomic E-state index is 13.4. The lowest BCUT2D eigenvalue weighted by Crippen LogP contribution is -2.15. The van der Waals surface area contributed by atoms with Crippen LogP contribution in [0, 0.1) is 6.92 Å². The van der Waals surface area contributed by atoms with Crippen molar-refractivity contribution in [1.82, 2.24) is 14.4 Å². The van der Waals surface area contributed by atoms with Crippen LogP contribution in [0.3, 0.4) is 0 Å². The molecule has 0 aliphatic rings. The van der Waals surface area contributed by atoms with Gasteiger partial charge in [-0.05, 0) is 18.6 Å². The van der Waals surface area contributed by atoms with E-state index >= 15 is 0 Å². The number of hydrogen-bond acceptors (Lipinski definition) is 3. The molecule has 3 rings (SSSR count). The van der Waals surface area contributed by atoms with Crippen LogP contribution in [0.4, 0.5) is 13.2 Å². The second-order valence-electron chi connectivity index (χ2n) is 5.19. The SMILES string of the molecule is COC(c1ccc(C)cc1C(F)(F)F)c1cnc2cnccn12. The third kappa shape index (κ3) is 2.79. The van der Waals surface area contributed by atoms with E-state index in [-0.39, 0.29) is 5.56 Å². The summed E-state index contributed by atoms with van der Waals surface area (Å²) in [6, 6.07) is 4.22. The van der Waals surface area contributed by atoms with Crippen molar-refractivity contribution in [3.05, 3.63) is 65.4 Å². The maximum Gasteiger partial charge on any atom is 0.416 e. The van der Waals surface area contributed by atoms with Gasteiger partial charge in [0.1, 0.15) is 6.10 Å². The Balaban J connectivity index is 2.19. The first kappa shape index (κ1) is 15.5. The minimum atomic E-state index is -4.46. The highest BCUT2D eigenvalue weighted by atomic mass is 19.4. The van der Waals surface area contributed by atoms with Gasteiger partial charge in [0, 0.05) is 19.5 Å². The highest BCUT2D eigenvalue weighted by Crippen LogP contribution is 2.38. The van der Waals surface area contributed by atoms with Gasteiger partial charge in [-0.3, -0.25) is 9.38 Å². The summed E-state index contributed by atoms with van der Waals surface area (Å²) < 4.78 is 47.2. The predicted octanol–water partition coefficient (Wildman–Crippen LogP) is 3.79. The fourth-order valence-corrected chi connectivity index (χ4v) is 2.61. The zero-order chi connectivity index (χ0) is 16.6. The number of rotatable bonds is 3. The summed E-state index contributed by atoms with van der Waals surface area (Å²) in [4.78, 5) is 8.11.